The zero-order valence-corrected chi connectivity index (χ0v) is 14.2. The molecule has 0 atom stereocenters. The Morgan fingerprint density at radius 3 is 2.78 bits per heavy atom. The first-order valence-corrected chi connectivity index (χ1v) is 8.28. The van der Waals surface area contributed by atoms with Gasteiger partial charge >= 0.3 is 0 Å². The van der Waals surface area contributed by atoms with E-state index in [0.29, 0.717) is 10.9 Å². The summed E-state index contributed by atoms with van der Waals surface area (Å²) in [5.41, 5.74) is 7.35. The molecular formula is C21H15F2N3O. The monoisotopic (exact) mass is 363 g/mol. The van der Waals surface area contributed by atoms with Gasteiger partial charge < -0.3 is 10.7 Å². The number of halogens is 2. The quantitative estimate of drug-likeness (QED) is 0.567. The van der Waals surface area contributed by atoms with Crippen molar-refractivity contribution in [2.24, 2.45) is 5.73 Å². The highest BCUT2D eigenvalue weighted by atomic mass is 19.1. The van der Waals surface area contributed by atoms with Crippen molar-refractivity contribution >= 4 is 33.8 Å². The second kappa shape index (κ2) is 6.32. The Labute approximate surface area is 153 Å². The van der Waals surface area contributed by atoms with Crippen LogP contribution in [0.15, 0.2) is 49.2 Å². The predicted molar refractivity (Wildman–Crippen MR) is 101 cm³/mol. The Morgan fingerprint density at radius 2 is 2.04 bits per heavy atom. The summed E-state index contributed by atoms with van der Waals surface area (Å²) >= 11 is 0. The number of carbonyl (C=O) groups is 1. The van der Waals surface area contributed by atoms with Crippen molar-refractivity contribution in [1.82, 2.24) is 9.97 Å². The van der Waals surface area contributed by atoms with Gasteiger partial charge in [-0.15, -0.1) is 0 Å². The first kappa shape index (κ1) is 16.9. The van der Waals surface area contributed by atoms with E-state index >= 15 is 0 Å². The minimum Gasteiger partial charge on any atom is -0.366 e. The highest BCUT2D eigenvalue weighted by Gasteiger charge is 2.21. The molecule has 2 heterocycles. The summed E-state index contributed by atoms with van der Waals surface area (Å²) in [5, 5.41) is 1.26. The topological polar surface area (TPSA) is 71.8 Å². The van der Waals surface area contributed by atoms with Crippen LogP contribution < -0.4 is 5.73 Å². The third kappa shape index (κ3) is 2.66. The van der Waals surface area contributed by atoms with Crippen LogP contribution in [-0.4, -0.2) is 15.9 Å². The molecule has 4 rings (SSSR count). The van der Waals surface area contributed by atoms with Gasteiger partial charge in [0.05, 0.1) is 16.8 Å². The number of aromatic amines is 1. The van der Waals surface area contributed by atoms with Crippen LogP contribution in [0.3, 0.4) is 0 Å². The molecule has 0 aliphatic heterocycles. The Morgan fingerprint density at radius 1 is 1.26 bits per heavy atom. The highest BCUT2D eigenvalue weighted by molar-refractivity contribution is 6.16. The van der Waals surface area contributed by atoms with Gasteiger partial charge in [0.1, 0.15) is 5.82 Å². The lowest BCUT2D eigenvalue weighted by Crippen LogP contribution is -2.13. The molecule has 0 saturated carbocycles. The zero-order valence-electron chi connectivity index (χ0n) is 14.2. The van der Waals surface area contributed by atoms with Crippen molar-refractivity contribution in [1.29, 1.82) is 0 Å². The van der Waals surface area contributed by atoms with Gasteiger partial charge in [-0.2, -0.15) is 0 Å². The fraction of sp³-hybridized carbons (Fsp3) is 0.0476. The lowest BCUT2D eigenvalue weighted by Gasteiger charge is -2.10. The second-order valence-corrected chi connectivity index (χ2v) is 6.22. The molecule has 3 N–H and O–H groups in total. The van der Waals surface area contributed by atoms with Gasteiger partial charge in [0, 0.05) is 34.5 Å². The summed E-state index contributed by atoms with van der Waals surface area (Å²) in [6, 6.07) is 9.89. The minimum absolute atomic E-state index is 0.00157. The molecule has 0 spiro atoms. The molecule has 0 unspecified atom stereocenters. The van der Waals surface area contributed by atoms with E-state index in [1.54, 1.807) is 0 Å². The van der Waals surface area contributed by atoms with Gasteiger partial charge in [-0.3, -0.25) is 9.78 Å². The molecule has 0 bridgehead atoms. The number of benzene rings is 2. The maximum absolute atomic E-state index is 15.0. The zero-order chi connectivity index (χ0) is 19.1. The van der Waals surface area contributed by atoms with Gasteiger partial charge in [0.25, 0.3) is 5.91 Å². The van der Waals surface area contributed by atoms with E-state index in [-0.39, 0.29) is 28.8 Å². The van der Waals surface area contributed by atoms with Crippen LogP contribution in [0.5, 0.6) is 0 Å². The molecular weight excluding hydrogens is 348 g/mol. The number of primary amides is 1. The molecule has 134 valence electrons. The molecule has 27 heavy (non-hydrogen) atoms. The van der Waals surface area contributed by atoms with Gasteiger partial charge in [-0.05, 0) is 29.8 Å². The summed E-state index contributed by atoms with van der Waals surface area (Å²) in [4.78, 5) is 18.8. The maximum Gasteiger partial charge on any atom is 0.250 e. The molecule has 2 aromatic carbocycles. The average molecular weight is 363 g/mol. The van der Waals surface area contributed by atoms with Crippen molar-refractivity contribution in [2.75, 3.05) is 0 Å². The minimum atomic E-state index is -0.735. The summed E-state index contributed by atoms with van der Waals surface area (Å²) in [6.07, 6.45) is 2.77. The van der Waals surface area contributed by atoms with E-state index in [1.807, 2.05) is 24.3 Å². The SMILES string of the molecule is C=Cc1nccc(Cc2c(F)cc(C(N)=O)c3[nH]c4ccccc4c23)c1F. The third-order valence-corrected chi connectivity index (χ3v) is 4.66. The standard InChI is InChI=1S/C21H15F2N3O/c1-2-16-19(23)11(7-8-25-16)9-13-15(22)10-14(21(24)27)20-18(13)12-5-3-4-6-17(12)26-20/h2-8,10,26H,1,9H2,(H2,24,27). The number of H-pyrrole nitrogens is 1. The molecule has 4 nitrogen and oxygen atoms in total. The van der Waals surface area contributed by atoms with Crippen LogP contribution in [0.1, 0.15) is 27.2 Å². The van der Waals surface area contributed by atoms with Crippen molar-refractivity contribution < 1.29 is 13.6 Å². The van der Waals surface area contributed by atoms with Crippen LogP contribution in [0, 0.1) is 11.6 Å². The first-order chi connectivity index (χ1) is 13.0. The molecule has 6 heteroatoms. The molecule has 0 saturated heterocycles. The van der Waals surface area contributed by atoms with E-state index in [4.69, 9.17) is 5.73 Å². The summed E-state index contributed by atoms with van der Waals surface area (Å²) in [5.74, 6) is -1.89. The number of hydrogen-bond donors (Lipinski definition) is 2. The van der Waals surface area contributed by atoms with Crippen molar-refractivity contribution in [3.63, 3.8) is 0 Å². The molecule has 0 radical (unpaired) electrons. The number of nitrogens with zero attached hydrogens (tertiary/aromatic N) is 1. The number of fused-ring (bicyclic) bond motifs is 3. The number of amides is 1. The number of nitrogens with one attached hydrogen (secondary N) is 1. The Hall–Kier alpha value is -3.54. The number of carbonyl (C=O) groups excluding carboxylic acids is 1. The highest BCUT2D eigenvalue weighted by Crippen LogP contribution is 2.34. The van der Waals surface area contributed by atoms with E-state index in [0.717, 1.165) is 17.0 Å². The van der Waals surface area contributed by atoms with Crippen LogP contribution in [0.25, 0.3) is 27.9 Å². The lowest BCUT2D eigenvalue weighted by molar-refractivity contribution is 0.100. The fourth-order valence-electron chi connectivity index (χ4n) is 3.40. The predicted octanol–water partition coefficient (Wildman–Crippen LogP) is 4.33. The Bertz CT molecular complexity index is 1230. The Balaban J connectivity index is 2.04. The number of para-hydroxylation sites is 1. The second-order valence-electron chi connectivity index (χ2n) is 6.22. The smallest absolute Gasteiger partial charge is 0.250 e. The number of hydrogen-bond acceptors (Lipinski definition) is 2. The molecule has 0 aliphatic rings. The van der Waals surface area contributed by atoms with Gasteiger partial charge in [0.2, 0.25) is 0 Å². The van der Waals surface area contributed by atoms with E-state index < -0.39 is 17.5 Å². The van der Waals surface area contributed by atoms with Crippen molar-refractivity contribution in [3.8, 4) is 0 Å². The van der Waals surface area contributed by atoms with Gasteiger partial charge in [-0.1, -0.05) is 24.8 Å². The molecule has 0 fully saturated rings. The van der Waals surface area contributed by atoms with Crippen LogP contribution >= 0.6 is 0 Å². The van der Waals surface area contributed by atoms with Gasteiger partial charge in [0.15, 0.2) is 5.82 Å². The van der Waals surface area contributed by atoms with Gasteiger partial charge in [-0.25, -0.2) is 8.78 Å². The maximum atomic E-state index is 15.0. The van der Waals surface area contributed by atoms with E-state index in [9.17, 15) is 13.6 Å². The normalized spacial score (nSPS) is 11.2. The first-order valence-electron chi connectivity index (χ1n) is 8.28. The fourth-order valence-corrected chi connectivity index (χ4v) is 3.40. The van der Waals surface area contributed by atoms with E-state index in [1.165, 1.54) is 18.3 Å². The third-order valence-electron chi connectivity index (χ3n) is 4.66. The Kier molecular flexibility index (Phi) is 3.96. The van der Waals surface area contributed by atoms with E-state index in [2.05, 4.69) is 16.5 Å². The largest absolute Gasteiger partial charge is 0.366 e. The van der Waals surface area contributed by atoms with Crippen LogP contribution in [0.4, 0.5) is 8.78 Å². The lowest BCUT2D eigenvalue weighted by atomic mass is 9.96. The van der Waals surface area contributed by atoms with Crippen LogP contribution in [0.2, 0.25) is 0 Å². The average Bonchev–Trinajstić information content (AvgIpc) is 3.04. The molecule has 2 aromatic heterocycles. The van der Waals surface area contributed by atoms with Crippen molar-refractivity contribution in [2.45, 2.75) is 6.42 Å². The molecule has 1 amide bonds. The summed E-state index contributed by atoms with van der Waals surface area (Å²) in [6.45, 7) is 3.54. The number of pyridine rings is 1. The summed E-state index contributed by atoms with van der Waals surface area (Å²) < 4.78 is 29.6. The summed E-state index contributed by atoms with van der Waals surface area (Å²) in [7, 11) is 0. The van der Waals surface area contributed by atoms with Crippen LogP contribution in [-0.2, 0) is 6.42 Å². The number of aromatic nitrogens is 2. The number of rotatable bonds is 4. The number of nitrogens with two attached hydrogens (primary N) is 1. The molecule has 4 aromatic rings. The van der Waals surface area contributed by atoms with Crippen molar-refractivity contribution in [3.05, 3.63) is 83.2 Å². The molecule has 0 aliphatic carbocycles.